The number of aliphatic hydroxyl groups is 1. The van der Waals surface area contributed by atoms with Gasteiger partial charge in [0, 0.05) is 15.5 Å². The second kappa shape index (κ2) is 3.01. The molecule has 0 saturated heterocycles. The van der Waals surface area contributed by atoms with Crippen LogP contribution in [0.15, 0.2) is 17.5 Å². The fourth-order valence-electron chi connectivity index (χ4n) is 1.47. The average Bonchev–Trinajstić information content (AvgIpc) is 2.48. The first-order valence-electron chi connectivity index (χ1n) is 4.10. The van der Waals surface area contributed by atoms with Crippen LogP contribution in [0.2, 0.25) is 0 Å². The van der Waals surface area contributed by atoms with E-state index < -0.39 is 0 Å². The maximum Gasteiger partial charge on any atom is 0.0698 e. The molecule has 0 atom stereocenters. The summed E-state index contributed by atoms with van der Waals surface area (Å²) >= 11 is 1.59. The number of aliphatic hydroxyl groups excluding tert-OH is 1. The average molecular weight is 193 g/mol. The van der Waals surface area contributed by atoms with E-state index >= 15 is 0 Å². The molecule has 1 aromatic carbocycles. The molecule has 1 aromatic heterocycles. The molecule has 0 aliphatic rings. The predicted molar refractivity (Wildman–Crippen MR) is 56.9 cm³/mol. The Kier molecular flexibility index (Phi) is 1.98. The third kappa shape index (κ3) is 1.20. The molecule has 0 aliphatic carbocycles. The molecule has 2 nitrogen and oxygen atoms in total. The van der Waals surface area contributed by atoms with Gasteiger partial charge in [-0.3, -0.25) is 0 Å². The fourth-order valence-corrected chi connectivity index (χ4v) is 2.52. The Balaban J connectivity index is 2.85. The van der Waals surface area contributed by atoms with Crippen molar-refractivity contribution in [2.24, 2.45) is 0 Å². The van der Waals surface area contributed by atoms with Crippen LogP contribution in [0.1, 0.15) is 11.1 Å². The third-order valence-electron chi connectivity index (χ3n) is 2.27. The normalized spacial score (nSPS) is 10.9. The van der Waals surface area contributed by atoms with Gasteiger partial charge in [-0.1, -0.05) is 12.1 Å². The molecular weight excluding hydrogens is 182 g/mol. The third-order valence-corrected chi connectivity index (χ3v) is 3.34. The van der Waals surface area contributed by atoms with E-state index in [-0.39, 0.29) is 6.61 Å². The summed E-state index contributed by atoms with van der Waals surface area (Å²) in [5.41, 5.74) is 8.70. The standard InChI is InChI=1S/C10H11NOS/c1-6-2-3-7-9(11)5-13-10(7)8(6)4-12/h2-3,5,12H,4,11H2,1H3. The van der Waals surface area contributed by atoms with Gasteiger partial charge >= 0.3 is 0 Å². The van der Waals surface area contributed by atoms with Crippen molar-refractivity contribution in [3.63, 3.8) is 0 Å². The van der Waals surface area contributed by atoms with Crippen molar-refractivity contribution in [2.75, 3.05) is 5.73 Å². The monoisotopic (exact) mass is 193 g/mol. The lowest BCUT2D eigenvalue weighted by atomic mass is 10.1. The predicted octanol–water partition coefficient (Wildman–Crippen LogP) is 2.28. The van der Waals surface area contributed by atoms with Gasteiger partial charge in [0.15, 0.2) is 0 Å². The lowest BCUT2D eigenvalue weighted by molar-refractivity contribution is 0.283. The second-order valence-electron chi connectivity index (χ2n) is 3.09. The topological polar surface area (TPSA) is 46.2 Å². The zero-order valence-corrected chi connectivity index (χ0v) is 8.19. The van der Waals surface area contributed by atoms with Gasteiger partial charge in [0.2, 0.25) is 0 Å². The van der Waals surface area contributed by atoms with E-state index in [2.05, 4.69) is 0 Å². The van der Waals surface area contributed by atoms with Crippen LogP contribution in [0.3, 0.4) is 0 Å². The first-order valence-corrected chi connectivity index (χ1v) is 4.98. The highest BCUT2D eigenvalue weighted by Gasteiger charge is 2.07. The smallest absolute Gasteiger partial charge is 0.0698 e. The maximum atomic E-state index is 9.19. The zero-order valence-electron chi connectivity index (χ0n) is 7.37. The van der Waals surface area contributed by atoms with E-state index in [0.29, 0.717) is 0 Å². The summed E-state index contributed by atoms with van der Waals surface area (Å²) < 4.78 is 1.11. The van der Waals surface area contributed by atoms with E-state index in [1.165, 1.54) is 0 Å². The first kappa shape index (κ1) is 8.53. The van der Waals surface area contributed by atoms with Crippen LogP contribution in [0, 0.1) is 6.92 Å². The Hall–Kier alpha value is -1.06. The number of aryl methyl sites for hydroxylation is 1. The Labute approximate surface area is 80.6 Å². The zero-order chi connectivity index (χ0) is 9.42. The van der Waals surface area contributed by atoms with Crippen molar-refractivity contribution in [3.05, 3.63) is 28.6 Å². The molecule has 68 valence electrons. The molecular formula is C10H11NOS. The van der Waals surface area contributed by atoms with Crippen molar-refractivity contribution >= 4 is 27.1 Å². The molecule has 0 aliphatic heterocycles. The van der Waals surface area contributed by atoms with Gasteiger partial charge in [-0.15, -0.1) is 11.3 Å². The van der Waals surface area contributed by atoms with E-state index in [0.717, 1.165) is 26.9 Å². The number of nitrogens with two attached hydrogens (primary N) is 1. The van der Waals surface area contributed by atoms with Gasteiger partial charge in [-0.25, -0.2) is 0 Å². The van der Waals surface area contributed by atoms with Gasteiger partial charge in [-0.05, 0) is 18.1 Å². The van der Waals surface area contributed by atoms with Crippen molar-refractivity contribution in [1.82, 2.24) is 0 Å². The molecule has 0 unspecified atom stereocenters. The summed E-state index contributed by atoms with van der Waals surface area (Å²) in [5.74, 6) is 0. The molecule has 1 heterocycles. The van der Waals surface area contributed by atoms with Crippen LogP contribution < -0.4 is 5.73 Å². The molecule has 0 radical (unpaired) electrons. The molecule has 0 fully saturated rings. The van der Waals surface area contributed by atoms with Crippen LogP contribution in [0.4, 0.5) is 5.69 Å². The van der Waals surface area contributed by atoms with Crippen molar-refractivity contribution in [2.45, 2.75) is 13.5 Å². The number of benzene rings is 1. The van der Waals surface area contributed by atoms with Crippen molar-refractivity contribution in [3.8, 4) is 0 Å². The first-order chi connectivity index (χ1) is 6.24. The SMILES string of the molecule is Cc1ccc2c(N)csc2c1CO. The molecule has 2 aromatic rings. The Bertz CT molecular complexity index is 447. The highest BCUT2D eigenvalue weighted by Crippen LogP contribution is 2.32. The van der Waals surface area contributed by atoms with E-state index in [9.17, 15) is 5.11 Å². The number of hydrogen-bond donors (Lipinski definition) is 2. The number of hydrogen-bond acceptors (Lipinski definition) is 3. The molecule has 0 saturated carbocycles. The number of fused-ring (bicyclic) bond motifs is 1. The van der Waals surface area contributed by atoms with E-state index in [1.807, 2.05) is 24.4 Å². The van der Waals surface area contributed by atoms with Crippen LogP contribution in [0.5, 0.6) is 0 Å². The summed E-state index contributed by atoms with van der Waals surface area (Å²) in [6.45, 7) is 2.09. The number of rotatable bonds is 1. The van der Waals surface area contributed by atoms with Gasteiger partial charge in [0.25, 0.3) is 0 Å². The molecule has 2 rings (SSSR count). The van der Waals surface area contributed by atoms with Gasteiger partial charge in [-0.2, -0.15) is 0 Å². The molecule has 13 heavy (non-hydrogen) atoms. The van der Waals surface area contributed by atoms with Crippen LogP contribution in [-0.4, -0.2) is 5.11 Å². The molecule has 0 spiro atoms. The van der Waals surface area contributed by atoms with Gasteiger partial charge in [0.05, 0.1) is 12.3 Å². The molecule has 3 heteroatoms. The molecule has 0 amide bonds. The summed E-state index contributed by atoms with van der Waals surface area (Å²) in [6, 6.07) is 4.01. The second-order valence-corrected chi connectivity index (χ2v) is 3.97. The highest BCUT2D eigenvalue weighted by molar-refractivity contribution is 7.18. The number of anilines is 1. The Morgan fingerprint density at radius 1 is 1.46 bits per heavy atom. The van der Waals surface area contributed by atoms with Crippen LogP contribution in [0.25, 0.3) is 10.1 Å². The summed E-state index contributed by atoms with van der Waals surface area (Å²) in [5, 5.41) is 12.2. The molecule has 0 bridgehead atoms. The lowest BCUT2D eigenvalue weighted by Crippen LogP contribution is -1.89. The number of thiophene rings is 1. The minimum Gasteiger partial charge on any atom is -0.398 e. The van der Waals surface area contributed by atoms with Gasteiger partial charge in [0.1, 0.15) is 0 Å². The van der Waals surface area contributed by atoms with E-state index in [1.54, 1.807) is 11.3 Å². The van der Waals surface area contributed by atoms with Crippen molar-refractivity contribution in [1.29, 1.82) is 0 Å². The largest absolute Gasteiger partial charge is 0.398 e. The summed E-state index contributed by atoms with van der Waals surface area (Å²) in [7, 11) is 0. The van der Waals surface area contributed by atoms with Crippen LogP contribution >= 0.6 is 11.3 Å². The molecule has 3 N–H and O–H groups in total. The number of nitrogen functional groups attached to an aromatic ring is 1. The quantitative estimate of drug-likeness (QED) is 0.730. The Morgan fingerprint density at radius 3 is 2.92 bits per heavy atom. The maximum absolute atomic E-state index is 9.19. The summed E-state index contributed by atoms with van der Waals surface area (Å²) in [6.07, 6.45) is 0. The minimum absolute atomic E-state index is 0.0864. The van der Waals surface area contributed by atoms with Gasteiger partial charge < -0.3 is 10.8 Å². The minimum atomic E-state index is 0.0864. The van der Waals surface area contributed by atoms with Crippen LogP contribution in [-0.2, 0) is 6.61 Å². The Morgan fingerprint density at radius 2 is 2.23 bits per heavy atom. The van der Waals surface area contributed by atoms with Crippen molar-refractivity contribution < 1.29 is 5.11 Å². The fraction of sp³-hybridized carbons (Fsp3) is 0.200. The lowest BCUT2D eigenvalue weighted by Gasteiger charge is -2.03. The summed E-state index contributed by atoms with van der Waals surface area (Å²) in [4.78, 5) is 0. The highest BCUT2D eigenvalue weighted by atomic mass is 32.1. The van der Waals surface area contributed by atoms with E-state index in [4.69, 9.17) is 5.73 Å².